The maximum atomic E-state index is 12.5. The van der Waals surface area contributed by atoms with Crippen LogP contribution in [0.4, 0.5) is 4.79 Å². The zero-order valence-corrected chi connectivity index (χ0v) is 11.5. The summed E-state index contributed by atoms with van der Waals surface area (Å²) in [6, 6.07) is -0.0973. The van der Waals surface area contributed by atoms with Crippen molar-refractivity contribution in [1.29, 1.82) is 0 Å². The van der Waals surface area contributed by atoms with E-state index >= 15 is 0 Å². The van der Waals surface area contributed by atoms with E-state index in [1.807, 2.05) is 11.8 Å². The largest absolute Gasteiger partial charge is 0.480 e. The molecule has 2 heterocycles. The van der Waals surface area contributed by atoms with Gasteiger partial charge in [-0.25, -0.2) is 9.59 Å². The lowest BCUT2D eigenvalue weighted by Crippen LogP contribution is -2.61. The smallest absolute Gasteiger partial charge is 0.329 e. The summed E-state index contributed by atoms with van der Waals surface area (Å²) >= 11 is 1.84. The zero-order chi connectivity index (χ0) is 13.2. The van der Waals surface area contributed by atoms with E-state index in [2.05, 4.69) is 0 Å². The van der Waals surface area contributed by atoms with Crippen molar-refractivity contribution in [3.8, 4) is 0 Å². The fourth-order valence-corrected chi connectivity index (χ4v) is 3.48. The van der Waals surface area contributed by atoms with Crippen molar-refractivity contribution in [2.24, 2.45) is 0 Å². The SMILES string of the molecule is CC1(C(=O)O)CCCCN1C(=O)N1CCSCC1. The van der Waals surface area contributed by atoms with Crippen LogP contribution in [0.1, 0.15) is 26.2 Å². The molecule has 5 nitrogen and oxygen atoms in total. The number of piperidine rings is 1. The molecule has 0 spiro atoms. The third-order valence-electron chi connectivity index (χ3n) is 3.86. The van der Waals surface area contributed by atoms with Gasteiger partial charge in [-0.1, -0.05) is 0 Å². The minimum atomic E-state index is -1.03. The molecule has 2 rings (SSSR count). The number of carbonyl (C=O) groups excluding carboxylic acids is 1. The summed E-state index contributed by atoms with van der Waals surface area (Å²) in [5.41, 5.74) is -1.03. The number of likely N-dealkylation sites (tertiary alicyclic amines) is 1. The van der Waals surface area contributed by atoms with E-state index < -0.39 is 11.5 Å². The lowest BCUT2D eigenvalue weighted by molar-refractivity contribution is -0.150. The highest BCUT2D eigenvalue weighted by atomic mass is 32.2. The lowest BCUT2D eigenvalue weighted by Gasteiger charge is -2.44. The normalized spacial score (nSPS) is 29.2. The van der Waals surface area contributed by atoms with Crippen LogP contribution in [-0.2, 0) is 4.79 Å². The van der Waals surface area contributed by atoms with Crippen LogP contribution in [0.25, 0.3) is 0 Å². The predicted molar refractivity (Wildman–Crippen MR) is 70.9 cm³/mol. The van der Waals surface area contributed by atoms with Gasteiger partial charge in [-0.05, 0) is 26.2 Å². The third kappa shape index (κ3) is 2.43. The number of hydrogen-bond donors (Lipinski definition) is 1. The van der Waals surface area contributed by atoms with E-state index in [1.165, 1.54) is 0 Å². The molecule has 1 atom stereocenters. The Balaban J connectivity index is 2.13. The van der Waals surface area contributed by atoms with Crippen LogP contribution < -0.4 is 0 Å². The van der Waals surface area contributed by atoms with Gasteiger partial charge in [0.2, 0.25) is 0 Å². The van der Waals surface area contributed by atoms with E-state index in [-0.39, 0.29) is 6.03 Å². The number of urea groups is 1. The van der Waals surface area contributed by atoms with Crippen LogP contribution in [0.3, 0.4) is 0 Å². The predicted octanol–water partition coefficient (Wildman–Crippen LogP) is 1.48. The van der Waals surface area contributed by atoms with E-state index in [0.29, 0.717) is 13.0 Å². The van der Waals surface area contributed by atoms with Gasteiger partial charge in [0.15, 0.2) is 0 Å². The highest BCUT2D eigenvalue weighted by molar-refractivity contribution is 7.99. The number of rotatable bonds is 1. The van der Waals surface area contributed by atoms with Gasteiger partial charge in [0.1, 0.15) is 5.54 Å². The Morgan fingerprint density at radius 1 is 1.17 bits per heavy atom. The van der Waals surface area contributed by atoms with Crippen LogP contribution in [0, 0.1) is 0 Å². The molecule has 0 bridgehead atoms. The molecule has 1 N–H and O–H groups in total. The molecule has 2 aliphatic rings. The highest BCUT2D eigenvalue weighted by Gasteiger charge is 2.45. The standard InChI is InChI=1S/C12H20N2O3S/c1-12(10(15)16)4-2-3-5-14(12)11(17)13-6-8-18-9-7-13/h2-9H2,1H3,(H,15,16). The molecule has 0 aromatic carbocycles. The van der Waals surface area contributed by atoms with Crippen LogP contribution in [-0.4, -0.2) is 63.6 Å². The maximum Gasteiger partial charge on any atom is 0.329 e. The van der Waals surface area contributed by atoms with Gasteiger partial charge < -0.3 is 14.9 Å². The second kappa shape index (κ2) is 5.38. The third-order valence-corrected chi connectivity index (χ3v) is 4.81. The number of carbonyl (C=O) groups is 2. The summed E-state index contributed by atoms with van der Waals surface area (Å²) in [6.07, 6.45) is 2.33. The van der Waals surface area contributed by atoms with Crippen molar-refractivity contribution in [2.45, 2.75) is 31.7 Å². The molecule has 2 amide bonds. The van der Waals surface area contributed by atoms with Gasteiger partial charge in [-0.3, -0.25) is 0 Å². The molecular formula is C12H20N2O3S. The second-order valence-corrected chi connectivity index (χ2v) is 6.29. The van der Waals surface area contributed by atoms with Crippen molar-refractivity contribution in [3.63, 3.8) is 0 Å². The molecule has 2 saturated heterocycles. The second-order valence-electron chi connectivity index (χ2n) is 5.07. The Morgan fingerprint density at radius 3 is 2.44 bits per heavy atom. The van der Waals surface area contributed by atoms with E-state index in [0.717, 1.165) is 37.4 Å². The number of nitrogens with zero attached hydrogens (tertiary/aromatic N) is 2. The number of carboxylic acid groups (broad SMARTS) is 1. The molecule has 2 aliphatic heterocycles. The van der Waals surface area contributed by atoms with Crippen LogP contribution in [0.2, 0.25) is 0 Å². The molecule has 0 aromatic rings. The van der Waals surface area contributed by atoms with Gasteiger partial charge in [-0.2, -0.15) is 11.8 Å². The molecule has 1 unspecified atom stereocenters. The summed E-state index contributed by atoms with van der Waals surface area (Å²) in [6.45, 7) is 3.70. The van der Waals surface area contributed by atoms with Gasteiger partial charge >= 0.3 is 12.0 Å². The topological polar surface area (TPSA) is 60.9 Å². The Morgan fingerprint density at radius 2 is 1.83 bits per heavy atom. The number of aliphatic carboxylic acids is 1. The fraction of sp³-hybridized carbons (Fsp3) is 0.833. The first kappa shape index (κ1) is 13.5. The molecule has 2 fully saturated rings. The summed E-state index contributed by atoms with van der Waals surface area (Å²) in [5.74, 6) is 1.01. The molecule has 18 heavy (non-hydrogen) atoms. The minimum absolute atomic E-state index is 0.0973. The average Bonchev–Trinajstić information content (AvgIpc) is 2.39. The monoisotopic (exact) mass is 272 g/mol. The van der Waals surface area contributed by atoms with Crippen molar-refractivity contribution >= 4 is 23.8 Å². The van der Waals surface area contributed by atoms with Crippen molar-refractivity contribution in [3.05, 3.63) is 0 Å². The quantitative estimate of drug-likeness (QED) is 0.785. The Labute approximate surface area is 112 Å². The number of amides is 2. The first-order chi connectivity index (χ1) is 8.55. The maximum absolute atomic E-state index is 12.5. The summed E-state index contributed by atoms with van der Waals surface area (Å²) < 4.78 is 0. The van der Waals surface area contributed by atoms with Crippen LogP contribution >= 0.6 is 11.8 Å². The number of hydrogen-bond acceptors (Lipinski definition) is 3. The summed E-state index contributed by atoms with van der Waals surface area (Å²) in [5, 5.41) is 9.40. The number of carboxylic acids is 1. The van der Waals surface area contributed by atoms with Gasteiger partial charge in [0.25, 0.3) is 0 Å². The molecule has 0 aliphatic carbocycles. The van der Waals surface area contributed by atoms with E-state index in [9.17, 15) is 14.7 Å². The fourth-order valence-electron chi connectivity index (χ4n) is 2.58. The van der Waals surface area contributed by atoms with Crippen molar-refractivity contribution < 1.29 is 14.7 Å². The molecule has 0 radical (unpaired) electrons. The van der Waals surface area contributed by atoms with E-state index in [1.54, 1.807) is 16.7 Å². The Hall–Kier alpha value is -0.910. The molecule has 0 saturated carbocycles. The van der Waals surface area contributed by atoms with E-state index in [4.69, 9.17) is 0 Å². The Kier molecular flexibility index (Phi) is 4.04. The summed E-state index contributed by atoms with van der Waals surface area (Å²) in [7, 11) is 0. The average molecular weight is 272 g/mol. The first-order valence-corrected chi connectivity index (χ1v) is 7.59. The molecule has 0 aromatic heterocycles. The molecular weight excluding hydrogens is 252 g/mol. The van der Waals surface area contributed by atoms with Crippen molar-refractivity contribution in [1.82, 2.24) is 9.80 Å². The zero-order valence-electron chi connectivity index (χ0n) is 10.7. The lowest BCUT2D eigenvalue weighted by atomic mass is 9.89. The molecule has 102 valence electrons. The minimum Gasteiger partial charge on any atom is -0.480 e. The van der Waals surface area contributed by atoms with Gasteiger partial charge in [0, 0.05) is 31.1 Å². The molecule has 6 heteroatoms. The van der Waals surface area contributed by atoms with Crippen LogP contribution in [0.15, 0.2) is 0 Å². The first-order valence-electron chi connectivity index (χ1n) is 6.43. The summed E-state index contributed by atoms with van der Waals surface area (Å²) in [4.78, 5) is 27.3. The highest BCUT2D eigenvalue weighted by Crippen LogP contribution is 2.29. The number of thioether (sulfide) groups is 1. The van der Waals surface area contributed by atoms with Crippen molar-refractivity contribution in [2.75, 3.05) is 31.1 Å². The van der Waals surface area contributed by atoms with Gasteiger partial charge in [-0.15, -0.1) is 0 Å². The Bertz CT molecular complexity index is 344. The van der Waals surface area contributed by atoms with Crippen LogP contribution in [0.5, 0.6) is 0 Å². The van der Waals surface area contributed by atoms with Gasteiger partial charge in [0.05, 0.1) is 0 Å².